The molecule has 0 spiro atoms. The van der Waals surface area contributed by atoms with Crippen LogP contribution in [0.1, 0.15) is 30.1 Å². The minimum Gasteiger partial charge on any atom is -0.466 e. The van der Waals surface area contributed by atoms with E-state index in [9.17, 15) is 9.59 Å². The number of pyridine rings is 1. The van der Waals surface area contributed by atoms with Crippen LogP contribution in [0.4, 0.5) is 0 Å². The highest BCUT2D eigenvalue weighted by Gasteiger charge is 2.29. The lowest BCUT2D eigenvalue weighted by molar-refractivity contribution is -0.149. The molecule has 1 fully saturated rings. The van der Waals surface area contributed by atoms with Crippen LogP contribution >= 0.6 is 0 Å². The Morgan fingerprint density at radius 1 is 1.53 bits per heavy atom. The molecule has 1 aliphatic heterocycles. The molecule has 19 heavy (non-hydrogen) atoms. The van der Waals surface area contributed by atoms with Crippen LogP contribution in [0, 0.1) is 5.92 Å². The van der Waals surface area contributed by atoms with E-state index in [-0.39, 0.29) is 17.8 Å². The Kier molecular flexibility index (Phi) is 4.49. The molecule has 2 rings (SSSR count). The second-order valence-electron chi connectivity index (χ2n) is 4.58. The van der Waals surface area contributed by atoms with E-state index in [0.29, 0.717) is 25.3 Å². The monoisotopic (exact) mass is 262 g/mol. The van der Waals surface area contributed by atoms with Gasteiger partial charge < -0.3 is 9.64 Å². The third-order valence-corrected chi connectivity index (χ3v) is 3.24. The summed E-state index contributed by atoms with van der Waals surface area (Å²) in [6, 6.07) is 3.48. The van der Waals surface area contributed by atoms with Gasteiger partial charge in [-0.25, -0.2) is 0 Å². The quantitative estimate of drug-likeness (QED) is 0.774. The van der Waals surface area contributed by atoms with Gasteiger partial charge in [0.25, 0.3) is 5.91 Å². The number of amides is 1. The van der Waals surface area contributed by atoms with E-state index >= 15 is 0 Å². The fraction of sp³-hybridized carbons (Fsp3) is 0.500. The lowest BCUT2D eigenvalue weighted by atomic mass is 9.97. The number of ether oxygens (including phenoxy) is 1. The predicted molar refractivity (Wildman–Crippen MR) is 69.5 cm³/mol. The summed E-state index contributed by atoms with van der Waals surface area (Å²) in [4.78, 5) is 29.6. The van der Waals surface area contributed by atoms with Crippen LogP contribution < -0.4 is 0 Å². The van der Waals surface area contributed by atoms with Crippen LogP contribution in [-0.4, -0.2) is 41.5 Å². The Bertz CT molecular complexity index is 447. The number of carbonyl (C=O) groups is 2. The number of hydrogen-bond acceptors (Lipinski definition) is 4. The van der Waals surface area contributed by atoms with Gasteiger partial charge in [-0.3, -0.25) is 14.6 Å². The minimum atomic E-state index is -0.203. The molecule has 102 valence electrons. The third-order valence-electron chi connectivity index (χ3n) is 3.24. The van der Waals surface area contributed by atoms with Gasteiger partial charge in [-0.1, -0.05) is 0 Å². The van der Waals surface area contributed by atoms with Crippen LogP contribution in [0.15, 0.2) is 24.5 Å². The van der Waals surface area contributed by atoms with Gasteiger partial charge in [-0.2, -0.15) is 0 Å². The zero-order valence-corrected chi connectivity index (χ0v) is 11.0. The number of carbonyl (C=O) groups excluding carboxylic acids is 2. The number of rotatable bonds is 3. The Labute approximate surface area is 112 Å². The van der Waals surface area contributed by atoms with Gasteiger partial charge in [0, 0.05) is 25.5 Å². The molecule has 1 amide bonds. The number of likely N-dealkylation sites (tertiary alicyclic amines) is 1. The Hall–Kier alpha value is -1.91. The summed E-state index contributed by atoms with van der Waals surface area (Å²) in [6.45, 7) is 3.29. The lowest BCUT2D eigenvalue weighted by Crippen LogP contribution is -2.42. The molecular weight excluding hydrogens is 244 g/mol. The molecule has 1 unspecified atom stereocenters. The molecule has 0 bridgehead atoms. The first-order chi connectivity index (χ1) is 9.22. The van der Waals surface area contributed by atoms with Crippen molar-refractivity contribution in [2.45, 2.75) is 19.8 Å². The van der Waals surface area contributed by atoms with Crippen molar-refractivity contribution in [3.8, 4) is 0 Å². The predicted octanol–water partition coefficient (Wildman–Crippen LogP) is 1.50. The number of esters is 1. The SMILES string of the molecule is CCOC(=O)C1CCCN(C(=O)c2cccnc2)C1. The molecule has 5 nitrogen and oxygen atoms in total. The maximum Gasteiger partial charge on any atom is 0.310 e. The Morgan fingerprint density at radius 2 is 2.37 bits per heavy atom. The number of nitrogens with zero attached hydrogens (tertiary/aromatic N) is 2. The average Bonchev–Trinajstić information content (AvgIpc) is 2.48. The van der Waals surface area contributed by atoms with Crippen LogP contribution in [0.5, 0.6) is 0 Å². The van der Waals surface area contributed by atoms with Crippen molar-refractivity contribution in [2.24, 2.45) is 5.92 Å². The maximum atomic E-state index is 12.3. The zero-order chi connectivity index (χ0) is 13.7. The summed E-state index contributed by atoms with van der Waals surface area (Å²) in [5.41, 5.74) is 0.562. The molecule has 0 aliphatic carbocycles. The third kappa shape index (κ3) is 3.30. The van der Waals surface area contributed by atoms with E-state index in [2.05, 4.69) is 4.98 Å². The van der Waals surface area contributed by atoms with E-state index in [0.717, 1.165) is 12.8 Å². The van der Waals surface area contributed by atoms with Crippen molar-refractivity contribution >= 4 is 11.9 Å². The van der Waals surface area contributed by atoms with Gasteiger partial charge in [-0.05, 0) is 31.9 Å². The molecule has 5 heteroatoms. The zero-order valence-electron chi connectivity index (χ0n) is 11.0. The summed E-state index contributed by atoms with van der Waals surface area (Å²) >= 11 is 0. The highest BCUT2D eigenvalue weighted by atomic mass is 16.5. The molecule has 0 saturated carbocycles. The van der Waals surface area contributed by atoms with Crippen LogP contribution in [0.3, 0.4) is 0 Å². The minimum absolute atomic E-state index is 0.0675. The van der Waals surface area contributed by atoms with E-state index in [1.807, 2.05) is 0 Å². The Morgan fingerprint density at radius 3 is 3.05 bits per heavy atom. The smallest absolute Gasteiger partial charge is 0.310 e. The molecule has 1 aliphatic rings. The summed E-state index contributed by atoms with van der Waals surface area (Å²) < 4.78 is 5.03. The molecular formula is C14H18N2O3. The topological polar surface area (TPSA) is 59.5 Å². The highest BCUT2D eigenvalue weighted by molar-refractivity contribution is 5.94. The first kappa shape index (κ1) is 13.5. The van der Waals surface area contributed by atoms with Crippen molar-refractivity contribution in [3.63, 3.8) is 0 Å². The van der Waals surface area contributed by atoms with Gasteiger partial charge in [0.1, 0.15) is 0 Å². The molecule has 1 saturated heterocycles. The normalized spacial score (nSPS) is 19.0. The summed E-state index contributed by atoms with van der Waals surface area (Å²) in [6.07, 6.45) is 4.80. The van der Waals surface area contributed by atoms with Crippen molar-refractivity contribution in [1.82, 2.24) is 9.88 Å². The van der Waals surface area contributed by atoms with Gasteiger partial charge in [-0.15, -0.1) is 0 Å². The standard InChI is InChI=1S/C14H18N2O3/c1-2-19-14(18)12-6-4-8-16(10-12)13(17)11-5-3-7-15-9-11/h3,5,7,9,12H,2,4,6,8,10H2,1H3. The first-order valence-electron chi connectivity index (χ1n) is 6.58. The van der Waals surface area contributed by atoms with Crippen molar-refractivity contribution in [1.29, 1.82) is 0 Å². The molecule has 1 aromatic heterocycles. The number of piperidine rings is 1. The second-order valence-corrected chi connectivity index (χ2v) is 4.58. The van der Waals surface area contributed by atoms with Gasteiger partial charge in [0.2, 0.25) is 0 Å². The molecule has 2 heterocycles. The van der Waals surface area contributed by atoms with Crippen LogP contribution in [-0.2, 0) is 9.53 Å². The van der Waals surface area contributed by atoms with Crippen molar-refractivity contribution in [2.75, 3.05) is 19.7 Å². The number of hydrogen-bond donors (Lipinski definition) is 0. The molecule has 0 aromatic carbocycles. The fourth-order valence-electron chi connectivity index (χ4n) is 2.29. The summed E-state index contributed by atoms with van der Waals surface area (Å²) in [7, 11) is 0. The van der Waals surface area contributed by atoms with Crippen LogP contribution in [0.2, 0.25) is 0 Å². The largest absolute Gasteiger partial charge is 0.466 e. The highest BCUT2D eigenvalue weighted by Crippen LogP contribution is 2.19. The average molecular weight is 262 g/mol. The summed E-state index contributed by atoms with van der Waals surface area (Å²) in [5, 5.41) is 0. The lowest BCUT2D eigenvalue weighted by Gasteiger charge is -2.31. The van der Waals surface area contributed by atoms with Crippen molar-refractivity contribution < 1.29 is 14.3 Å². The molecule has 1 atom stereocenters. The first-order valence-corrected chi connectivity index (χ1v) is 6.58. The van der Waals surface area contributed by atoms with E-state index in [1.54, 1.807) is 36.4 Å². The van der Waals surface area contributed by atoms with E-state index < -0.39 is 0 Å². The Balaban J connectivity index is 2.01. The van der Waals surface area contributed by atoms with Gasteiger partial charge in [0.05, 0.1) is 18.1 Å². The fourth-order valence-corrected chi connectivity index (χ4v) is 2.29. The molecule has 0 radical (unpaired) electrons. The van der Waals surface area contributed by atoms with Gasteiger partial charge >= 0.3 is 5.97 Å². The van der Waals surface area contributed by atoms with Gasteiger partial charge in [0.15, 0.2) is 0 Å². The number of aromatic nitrogens is 1. The van der Waals surface area contributed by atoms with Crippen LogP contribution in [0.25, 0.3) is 0 Å². The molecule has 1 aromatic rings. The maximum absolute atomic E-state index is 12.3. The molecule has 0 N–H and O–H groups in total. The van der Waals surface area contributed by atoms with Crippen molar-refractivity contribution in [3.05, 3.63) is 30.1 Å². The van der Waals surface area contributed by atoms with E-state index in [4.69, 9.17) is 4.74 Å². The second kappa shape index (κ2) is 6.31. The van der Waals surface area contributed by atoms with E-state index in [1.165, 1.54) is 0 Å². The summed E-state index contributed by atoms with van der Waals surface area (Å²) in [5.74, 6) is -0.470.